The molecule has 2 aromatic rings. The maximum absolute atomic E-state index is 12.8. The molecule has 2 aliphatic heterocycles. The highest BCUT2D eigenvalue weighted by Gasteiger charge is 2.25. The molecule has 29 heavy (non-hydrogen) atoms. The maximum Gasteiger partial charge on any atom is 0.242 e. The SMILES string of the molecule is O=C(CN1CCN(C(=O)Cn2c(-c3cccs3)n[nH]c2=S)CC1)N1CCCCC1. The molecule has 0 spiro atoms. The van der Waals surface area contributed by atoms with Gasteiger partial charge in [-0.15, -0.1) is 11.3 Å². The lowest BCUT2D eigenvalue weighted by atomic mass is 10.1. The Bertz CT molecular complexity index is 892. The molecular weight excluding hydrogens is 408 g/mol. The highest BCUT2D eigenvalue weighted by molar-refractivity contribution is 7.71. The maximum atomic E-state index is 12.8. The number of amides is 2. The Morgan fingerprint density at radius 2 is 1.69 bits per heavy atom. The van der Waals surface area contributed by atoms with Gasteiger partial charge in [0.05, 0.1) is 11.4 Å². The highest BCUT2D eigenvalue weighted by Crippen LogP contribution is 2.23. The van der Waals surface area contributed by atoms with E-state index in [-0.39, 0.29) is 18.4 Å². The molecule has 0 radical (unpaired) electrons. The lowest BCUT2D eigenvalue weighted by Crippen LogP contribution is -2.52. The summed E-state index contributed by atoms with van der Waals surface area (Å²) in [5.74, 6) is 0.946. The van der Waals surface area contributed by atoms with Crippen LogP contribution in [0, 0.1) is 4.77 Å². The second kappa shape index (κ2) is 9.19. The van der Waals surface area contributed by atoms with Crippen LogP contribution in [0.3, 0.4) is 0 Å². The first-order valence-electron chi connectivity index (χ1n) is 10.1. The van der Waals surface area contributed by atoms with Crippen LogP contribution >= 0.6 is 23.6 Å². The quantitative estimate of drug-likeness (QED) is 0.727. The van der Waals surface area contributed by atoms with E-state index in [2.05, 4.69) is 15.1 Å². The molecular formula is C19H26N6O2S2. The number of piperidine rings is 1. The van der Waals surface area contributed by atoms with Crippen LogP contribution in [0.1, 0.15) is 19.3 Å². The first-order chi connectivity index (χ1) is 14.1. The standard InChI is InChI=1S/C19H26N6O2S2/c26-16(23-6-2-1-3-7-23)13-22-8-10-24(11-9-22)17(27)14-25-18(20-21-19(25)28)15-5-4-12-29-15/h4-5,12H,1-3,6-11,13-14H2,(H,21,28). The van der Waals surface area contributed by atoms with Gasteiger partial charge in [-0.1, -0.05) is 6.07 Å². The van der Waals surface area contributed by atoms with Crippen molar-refractivity contribution >= 4 is 35.4 Å². The van der Waals surface area contributed by atoms with Crippen LogP contribution in [0.5, 0.6) is 0 Å². The van der Waals surface area contributed by atoms with Gasteiger partial charge in [0.25, 0.3) is 0 Å². The average Bonchev–Trinajstić information content (AvgIpc) is 3.39. The predicted molar refractivity (Wildman–Crippen MR) is 114 cm³/mol. The molecule has 2 fully saturated rings. The summed E-state index contributed by atoms with van der Waals surface area (Å²) in [6.45, 7) is 5.11. The fourth-order valence-electron chi connectivity index (χ4n) is 3.88. The zero-order valence-electron chi connectivity index (χ0n) is 16.4. The van der Waals surface area contributed by atoms with Crippen molar-refractivity contribution in [2.75, 3.05) is 45.8 Å². The fourth-order valence-corrected chi connectivity index (χ4v) is 4.80. The summed E-state index contributed by atoms with van der Waals surface area (Å²) in [5, 5.41) is 9.05. The fraction of sp³-hybridized carbons (Fsp3) is 0.579. The van der Waals surface area contributed by atoms with E-state index in [1.165, 1.54) is 6.42 Å². The zero-order chi connectivity index (χ0) is 20.2. The van der Waals surface area contributed by atoms with Gasteiger partial charge in [0.1, 0.15) is 6.54 Å². The van der Waals surface area contributed by atoms with Gasteiger partial charge in [0.2, 0.25) is 11.8 Å². The Kier molecular flexibility index (Phi) is 6.41. The van der Waals surface area contributed by atoms with Gasteiger partial charge < -0.3 is 9.80 Å². The summed E-state index contributed by atoms with van der Waals surface area (Å²) >= 11 is 6.89. The summed E-state index contributed by atoms with van der Waals surface area (Å²) in [6.07, 6.45) is 3.44. The first kappa shape index (κ1) is 20.2. The summed E-state index contributed by atoms with van der Waals surface area (Å²) < 4.78 is 2.21. The van der Waals surface area contributed by atoms with Crippen molar-refractivity contribution in [3.63, 3.8) is 0 Å². The van der Waals surface area contributed by atoms with Gasteiger partial charge in [0.15, 0.2) is 10.6 Å². The van der Waals surface area contributed by atoms with E-state index in [0.717, 1.165) is 43.9 Å². The number of nitrogens with zero attached hydrogens (tertiary/aromatic N) is 5. The molecule has 2 saturated heterocycles. The lowest BCUT2D eigenvalue weighted by molar-refractivity contribution is -0.136. The van der Waals surface area contributed by atoms with Crippen LogP contribution in [0.15, 0.2) is 17.5 Å². The van der Waals surface area contributed by atoms with Crippen molar-refractivity contribution in [3.05, 3.63) is 22.3 Å². The molecule has 0 aliphatic carbocycles. The number of hydrogen-bond acceptors (Lipinski definition) is 6. The van der Waals surface area contributed by atoms with E-state index in [1.807, 2.05) is 27.3 Å². The van der Waals surface area contributed by atoms with Gasteiger partial charge in [-0.25, -0.2) is 0 Å². The van der Waals surface area contributed by atoms with Crippen LogP contribution in [0.4, 0.5) is 0 Å². The van der Waals surface area contributed by atoms with Gasteiger partial charge in [0, 0.05) is 39.3 Å². The number of piperazine rings is 1. The van der Waals surface area contributed by atoms with Crippen molar-refractivity contribution in [3.8, 4) is 10.7 Å². The Hall–Kier alpha value is -2.04. The number of carbonyl (C=O) groups excluding carboxylic acids is 2. The van der Waals surface area contributed by atoms with Crippen LogP contribution in [0.25, 0.3) is 10.7 Å². The first-order valence-corrected chi connectivity index (χ1v) is 11.4. The summed E-state index contributed by atoms with van der Waals surface area (Å²) in [6, 6.07) is 3.92. The number of aromatic amines is 1. The summed E-state index contributed by atoms with van der Waals surface area (Å²) in [4.78, 5) is 32.3. The number of H-pyrrole nitrogens is 1. The molecule has 0 saturated carbocycles. The molecule has 0 bridgehead atoms. The van der Waals surface area contributed by atoms with Crippen LogP contribution < -0.4 is 0 Å². The Balaban J connectivity index is 1.30. The van der Waals surface area contributed by atoms with Gasteiger partial charge >= 0.3 is 0 Å². The van der Waals surface area contributed by atoms with Crippen molar-refractivity contribution in [2.24, 2.45) is 0 Å². The molecule has 1 N–H and O–H groups in total. The van der Waals surface area contributed by atoms with Crippen molar-refractivity contribution < 1.29 is 9.59 Å². The van der Waals surface area contributed by atoms with Crippen LogP contribution in [0.2, 0.25) is 0 Å². The van der Waals surface area contributed by atoms with Crippen molar-refractivity contribution in [1.82, 2.24) is 29.5 Å². The summed E-state index contributed by atoms with van der Waals surface area (Å²) in [5.41, 5.74) is 0. The molecule has 0 unspecified atom stereocenters. The monoisotopic (exact) mass is 434 g/mol. The minimum Gasteiger partial charge on any atom is -0.342 e. The third-order valence-electron chi connectivity index (χ3n) is 5.59. The van der Waals surface area contributed by atoms with E-state index >= 15 is 0 Å². The minimum atomic E-state index is 0.0299. The Labute approximate surface area is 179 Å². The normalized spacial score (nSPS) is 18.2. The third kappa shape index (κ3) is 4.76. The molecule has 2 aliphatic rings. The predicted octanol–water partition coefficient (Wildman–Crippen LogP) is 1.83. The molecule has 0 aromatic carbocycles. The molecule has 4 heterocycles. The number of aromatic nitrogens is 3. The number of likely N-dealkylation sites (tertiary alicyclic amines) is 1. The third-order valence-corrected chi connectivity index (χ3v) is 6.76. The van der Waals surface area contributed by atoms with Crippen molar-refractivity contribution in [1.29, 1.82) is 0 Å². The number of rotatable bonds is 5. The Morgan fingerprint density at radius 3 is 2.38 bits per heavy atom. The van der Waals surface area contributed by atoms with Crippen LogP contribution in [-0.4, -0.2) is 87.1 Å². The highest BCUT2D eigenvalue weighted by atomic mass is 32.1. The van der Waals surface area contributed by atoms with E-state index in [1.54, 1.807) is 15.9 Å². The topological polar surface area (TPSA) is 77.5 Å². The van der Waals surface area contributed by atoms with Gasteiger partial charge in [-0.3, -0.25) is 24.2 Å². The molecule has 8 nitrogen and oxygen atoms in total. The van der Waals surface area contributed by atoms with Crippen molar-refractivity contribution in [2.45, 2.75) is 25.8 Å². The number of hydrogen-bond donors (Lipinski definition) is 1. The number of carbonyl (C=O) groups is 2. The van der Waals surface area contributed by atoms with E-state index in [4.69, 9.17) is 12.2 Å². The molecule has 4 rings (SSSR count). The zero-order valence-corrected chi connectivity index (χ0v) is 18.0. The van der Waals surface area contributed by atoms with Gasteiger partial charge in [-0.05, 0) is 42.9 Å². The molecule has 0 atom stereocenters. The minimum absolute atomic E-state index is 0.0299. The largest absolute Gasteiger partial charge is 0.342 e. The van der Waals surface area contributed by atoms with Crippen LogP contribution in [-0.2, 0) is 16.1 Å². The average molecular weight is 435 g/mol. The number of thiophene rings is 1. The Morgan fingerprint density at radius 1 is 1.00 bits per heavy atom. The lowest BCUT2D eigenvalue weighted by Gasteiger charge is -2.36. The number of nitrogens with one attached hydrogen (secondary N) is 1. The van der Waals surface area contributed by atoms with E-state index < -0.39 is 0 Å². The molecule has 10 heteroatoms. The molecule has 2 aromatic heterocycles. The second-order valence-corrected chi connectivity index (χ2v) is 8.85. The molecule has 156 valence electrons. The smallest absolute Gasteiger partial charge is 0.242 e. The van der Waals surface area contributed by atoms with Gasteiger partial charge in [-0.2, -0.15) is 5.10 Å². The van der Waals surface area contributed by atoms with E-state index in [9.17, 15) is 9.59 Å². The second-order valence-electron chi connectivity index (χ2n) is 7.51. The summed E-state index contributed by atoms with van der Waals surface area (Å²) in [7, 11) is 0. The van der Waals surface area contributed by atoms with E-state index in [0.29, 0.717) is 30.2 Å². The molecule has 2 amide bonds.